The maximum atomic E-state index is 12.6. The number of halogens is 2. The lowest BCUT2D eigenvalue weighted by Crippen LogP contribution is -2.07. The van der Waals surface area contributed by atoms with Gasteiger partial charge < -0.3 is 14.0 Å². The van der Waals surface area contributed by atoms with Gasteiger partial charge in [0.15, 0.2) is 0 Å². The van der Waals surface area contributed by atoms with Crippen LogP contribution >= 0.6 is 23.2 Å². The van der Waals surface area contributed by atoms with E-state index in [0.717, 1.165) is 34.0 Å². The van der Waals surface area contributed by atoms with Gasteiger partial charge in [0.2, 0.25) is 0 Å². The zero-order chi connectivity index (χ0) is 23.4. The van der Waals surface area contributed by atoms with Crippen molar-refractivity contribution in [2.45, 2.75) is 20.5 Å². The van der Waals surface area contributed by atoms with Crippen molar-refractivity contribution in [1.82, 2.24) is 4.57 Å². The summed E-state index contributed by atoms with van der Waals surface area (Å²) in [5.74, 6) is 0.381. The lowest BCUT2D eigenvalue weighted by molar-refractivity contribution is 0.0525. The van der Waals surface area contributed by atoms with E-state index in [2.05, 4.69) is 0 Å². The number of esters is 1. The average Bonchev–Trinajstić information content (AvgIpc) is 3.16. The topological polar surface area (TPSA) is 40.5 Å². The molecule has 0 amide bonds. The number of rotatable bonds is 7. The van der Waals surface area contributed by atoms with Crippen LogP contribution in [0.5, 0.6) is 5.75 Å². The van der Waals surface area contributed by atoms with Gasteiger partial charge >= 0.3 is 5.97 Å². The van der Waals surface area contributed by atoms with Gasteiger partial charge in [-0.15, -0.1) is 0 Å². The summed E-state index contributed by atoms with van der Waals surface area (Å²) in [6.45, 7) is 4.46. The molecule has 4 nitrogen and oxygen atoms in total. The molecule has 0 aliphatic carbocycles. The van der Waals surface area contributed by atoms with Crippen molar-refractivity contribution in [2.24, 2.45) is 0 Å². The Balaban J connectivity index is 1.71. The third-order valence-corrected chi connectivity index (χ3v) is 5.84. The van der Waals surface area contributed by atoms with Gasteiger partial charge in [-0.1, -0.05) is 53.5 Å². The van der Waals surface area contributed by atoms with Gasteiger partial charge in [-0.05, 0) is 67.9 Å². The SMILES string of the molecule is CCOC(=O)c1cc(-c2ccc(Cl)cc2Cl)n(-c2ccc(OCc3ccccc3)cc2)c1C. The zero-order valence-electron chi connectivity index (χ0n) is 18.3. The smallest absolute Gasteiger partial charge is 0.339 e. The highest BCUT2D eigenvalue weighted by Crippen LogP contribution is 2.35. The minimum Gasteiger partial charge on any atom is -0.489 e. The fraction of sp³-hybridized carbons (Fsp3) is 0.148. The van der Waals surface area contributed by atoms with Crippen LogP contribution in [-0.4, -0.2) is 17.1 Å². The monoisotopic (exact) mass is 479 g/mol. The van der Waals surface area contributed by atoms with E-state index in [1.54, 1.807) is 19.1 Å². The minimum absolute atomic E-state index is 0.300. The second-order valence-electron chi connectivity index (χ2n) is 7.48. The van der Waals surface area contributed by atoms with Gasteiger partial charge in [-0.2, -0.15) is 0 Å². The molecule has 0 aliphatic heterocycles. The molecule has 0 spiro atoms. The van der Waals surface area contributed by atoms with Gasteiger partial charge in [-0.3, -0.25) is 0 Å². The molecule has 3 aromatic carbocycles. The molecule has 0 fully saturated rings. The molecular formula is C27H23Cl2NO3. The van der Waals surface area contributed by atoms with Crippen LogP contribution in [0.25, 0.3) is 16.9 Å². The van der Waals surface area contributed by atoms with Crippen molar-refractivity contribution in [3.63, 3.8) is 0 Å². The number of nitrogens with zero attached hydrogens (tertiary/aromatic N) is 1. The van der Waals surface area contributed by atoms with Crippen molar-refractivity contribution < 1.29 is 14.3 Å². The first kappa shape index (κ1) is 23.0. The maximum absolute atomic E-state index is 12.6. The Kier molecular flexibility index (Phi) is 7.07. The Bertz CT molecular complexity index is 1260. The van der Waals surface area contributed by atoms with E-state index >= 15 is 0 Å². The second kappa shape index (κ2) is 10.2. The summed E-state index contributed by atoms with van der Waals surface area (Å²) in [5, 5.41) is 1.04. The summed E-state index contributed by atoms with van der Waals surface area (Å²) in [7, 11) is 0. The van der Waals surface area contributed by atoms with Crippen LogP contribution in [0, 0.1) is 6.92 Å². The third-order valence-electron chi connectivity index (χ3n) is 5.29. The Morgan fingerprint density at radius 1 is 0.939 bits per heavy atom. The number of hydrogen-bond acceptors (Lipinski definition) is 3. The van der Waals surface area contributed by atoms with E-state index in [1.807, 2.05) is 78.2 Å². The van der Waals surface area contributed by atoms with Crippen LogP contribution in [0.4, 0.5) is 0 Å². The van der Waals surface area contributed by atoms with Gasteiger partial charge in [0.05, 0.1) is 22.9 Å². The second-order valence-corrected chi connectivity index (χ2v) is 8.32. The molecule has 0 saturated heterocycles. The summed E-state index contributed by atoms with van der Waals surface area (Å²) in [6, 6.07) is 24.9. The lowest BCUT2D eigenvalue weighted by Gasteiger charge is -2.14. The number of benzene rings is 3. The summed E-state index contributed by atoms with van der Waals surface area (Å²) in [4.78, 5) is 12.6. The van der Waals surface area contributed by atoms with Crippen molar-refractivity contribution in [2.75, 3.05) is 6.61 Å². The number of hydrogen-bond donors (Lipinski definition) is 0. The number of carbonyl (C=O) groups is 1. The van der Waals surface area contributed by atoms with Crippen LogP contribution in [-0.2, 0) is 11.3 Å². The number of ether oxygens (including phenoxy) is 2. The first-order valence-electron chi connectivity index (χ1n) is 10.6. The molecule has 4 aromatic rings. The average molecular weight is 480 g/mol. The van der Waals surface area contributed by atoms with Crippen molar-refractivity contribution in [3.8, 4) is 22.7 Å². The minimum atomic E-state index is -0.372. The molecule has 6 heteroatoms. The Hall–Kier alpha value is -3.21. The Labute approximate surface area is 203 Å². The Morgan fingerprint density at radius 3 is 2.33 bits per heavy atom. The number of aromatic nitrogens is 1. The van der Waals surface area contributed by atoms with Crippen LogP contribution < -0.4 is 4.74 Å². The fourth-order valence-electron chi connectivity index (χ4n) is 3.68. The first-order chi connectivity index (χ1) is 16.0. The third kappa shape index (κ3) is 5.08. The van der Waals surface area contributed by atoms with Gasteiger partial charge in [-0.25, -0.2) is 4.79 Å². The molecule has 33 heavy (non-hydrogen) atoms. The molecule has 168 valence electrons. The molecule has 1 heterocycles. The zero-order valence-corrected chi connectivity index (χ0v) is 19.9. The highest BCUT2D eigenvalue weighted by Gasteiger charge is 2.22. The molecule has 0 radical (unpaired) electrons. The summed E-state index contributed by atoms with van der Waals surface area (Å²) in [5.41, 5.74) is 4.76. The number of carbonyl (C=O) groups excluding carboxylic acids is 1. The van der Waals surface area contributed by atoms with Crippen molar-refractivity contribution in [3.05, 3.63) is 106 Å². The lowest BCUT2D eigenvalue weighted by atomic mass is 10.1. The van der Waals surface area contributed by atoms with Gasteiger partial charge in [0.1, 0.15) is 12.4 Å². The molecular weight excluding hydrogens is 457 g/mol. The standard InChI is InChI=1S/C27H23Cl2NO3/c1-3-32-27(31)24-16-26(23-14-9-20(28)15-25(23)29)30(18(24)2)21-10-12-22(13-11-21)33-17-19-7-5-4-6-8-19/h4-16H,3,17H2,1-2H3. The molecule has 0 saturated carbocycles. The van der Waals surface area contributed by atoms with E-state index in [1.165, 1.54) is 0 Å². The van der Waals surface area contributed by atoms with Crippen molar-refractivity contribution in [1.29, 1.82) is 0 Å². The van der Waals surface area contributed by atoms with E-state index in [0.29, 0.717) is 28.8 Å². The predicted molar refractivity (Wildman–Crippen MR) is 133 cm³/mol. The van der Waals surface area contributed by atoms with E-state index in [4.69, 9.17) is 32.7 Å². The summed E-state index contributed by atoms with van der Waals surface area (Å²) >= 11 is 12.6. The van der Waals surface area contributed by atoms with Crippen LogP contribution in [0.2, 0.25) is 10.0 Å². The molecule has 1 aromatic heterocycles. The molecule has 0 N–H and O–H groups in total. The van der Waals surface area contributed by atoms with E-state index in [9.17, 15) is 4.79 Å². The largest absolute Gasteiger partial charge is 0.489 e. The molecule has 0 bridgehead atoms. The van der Waals surface area contributed by atoms with Crippen LogP contribution in [0.1, 0.15) is 28.5 Å². The first-order valence-corrected chi connectivity index (χ1v) is 11.4. The van der Waals surface area contributed by atoms with Gasteiger partial charge in [0, 0.05) is 22.0 Å². The quantitative estimate of drug-likeness (QED) is 0.257. The van der Waals surface area contributed by atoms with Crippen LogP contribution in [0.15, 0.2) is 78.9 Å². The van der Waals surface area contributed by atoms with Crippen LogP contribution in [0.3, 0.4) is 0 Å². The Morgan fingerprint density at radius 2 is 1.67 bits per heavy atom. The fourth-order valence-corrected chi connectivity index (χ4v) is 4.19. The van der Waals surface area contributed by atoms with Gasteiger partial charge in [0.25, 0.3) is 0 Å². The van der Waals surface area contributed by atoms with Crippen molar-refractivity contribution >= 4 is 29.2 Å². The normalized spacial score (nSPS) is 10.8. The summed E-state index contributed by atoms with van der Waals surface area (Å²) < 4.78 is 13.2. The highest BCUT2D eigenvalue weighted by molar-refractivity contribution is 6.36. The summed E-state index contributed by atoms with van der Waals surface area (Å²) in [6.07, 6.45) is 0. The molecule has 4 rings (SSSR count). The highest BCUT2D eigenvalue weighted by atomic mass is 35.5. The molecule has 0 atom stereocenters. The van der Waals surface area contributed by atoms with E-state index < -0.39 is 0 Å². The van der Waals surface area contributed by atoms with E-state index in [-0.39, 0.29) is 5.97 Å². The molecule has 0 aliphatic rings. The predicted octanol–water partition coefficient (Wildman–Crippen LogP) is 7.52. The molecule has 0 unspecified atom stereocenters. The maximum Gasteiger partial charge on any atom is 0.339 e.